The lowest BCUT2D eigenvalue weighted by molar-refractivity contribution is 0.250. The zero-order valence-electron chi connectivity index (χ0n) is 7.58. The molecule has 0 aromatic rings. The summed E-state index contributed by atoms with van der Waals surface area (Å²) in [5.74, 6) is 1.39. The maximum atomic E-state index is 8.74. The number of hydrogen-bond acceptors (Lipinski definition) is 3. The molecule has 0 radical (unpaired) electrons. The molecule has 2 nitrogen and oxygen atoms in total. The second-order valence-electron chi connectivity index (χ2n) is 3.19. The van der Waals surface area contributed by atoms with Crippen molar-refractivity contribution < 1.29 is 5.11 Å². The van der Waals surface area contributed by atoms with Crippen LogP contribution in [-0.4, -0.2) is 28.8 Å². The Hall–Kier alpha value is 0.270. The fourth-order valence-corrected chi connectivity index (χ4v) is 1.56. The van der Waals surface area contributed by atoms with E-state index in [1.54, 1.807) is 0 Å². The summed E-state index contributed by atoms with van der Waals surface area (Å²) in [6, 6.07) is 0.242. The summed E-state index contributed by atoms with van der Waals surface area (Å²) < 4.78 is 0. The van der Waals surface area contributed by atoms with Crippen molar-refractivity contribution in [1.29, 1.82) is 0 Å². The van der Waals surface area contributed by atoms with Crippen LogP contribution >= 0.6 is 11.8 Å². The normalized spacial score (nSPS) is 19.4. The number of thioether (sulfide) groups is 1. The van der Waals surface area contributed by atoms with Gasteiger partial charge in [0, 0.05) is 17.9 Å². The highest BCUT2D eigenvalue weighted by Crippen LogP contribution is 2.16. The summed E-state index contributed by atoms with van der Waals surface area (Å²) in [5, 5.41) is 9.23. The van der Waals surface area contributed by atoms with E-state index in [1.165, 1.54) is 0 Å². The van der Waals surface area contributed by atoms with Crippen LogP contribution in [0.1, 0.15) is 20.8 Å². The number of nitrogens with two attached hydrogens (primary N) is 1. The smallest absolute Gasteiger partial charge is 0.0464 e. The summed E-state index contributed by atoms with van der Waals surface area (Å²) >= 11 is 1.83. The molecule has 0 aromatic carbocycles. The lowest BCUT2D eigenvalue weighted by atomic mass is 10.2. The highest BCUT2D eigenvalue weighted by molar-refractivity contribution is 7.99. The molecule has 3 atom stereocenters. The molecule has 0 saturated heterocycles. The van der Waals surface area contributed by atoms with E-state index >= 15 is 0 Å². The average Bonchev–Trinajstić information content (AvgIpc) is 1.99. The Morgan fingerprint density at radius 1 is 1.36 bits per heavy atom. The van der Waals surface area contributed by atoms with Crippen LogP contribution in [0, 0.1) is 5.92 Å². The van der Waals surface area contributed by atoms with Crippen LogP contribution in [-0.2, 0) is 0 Å². The number of rotatable bonds is 5. The van der Waals surface area contributed by atoms with Gasteiger partial charge in [-0.25, -0.2) is 0 Å². The third-order valence-electron chi connectivity index (χ3n) is 1.70. The lowest BCUT2D eigenvalue weighted by Gasteiger charge is -2.16. The van der Waals surface area contributed by atoms with E-state index in [-0.39, 0.29) is 12.6 Å². The van der Waals surface area contributed by atoms with Crippen LogP contribution in [0.3, 0.4) is 0 Å². The fraction of sp³-hybridized carbons (Fsp3) is 1.00. The Bertz CT molecular complexity index is 98.1. The maximum absolute atomic E-state index is 8.74. The third kappa shape index (κ3) is 5.53. The van der Waals surface area contributed by atoms with Crippen molar-refractivity contribution in [1.82, 2.24) is 0 Å². The van der Waals surface area contributed by atoms with E-state index in [9.17, 15) is 0 Å². The Labute approximate surface area is 73.6 Å². The Balaban J connectivity index is 3.37. The van der Waals surface area contributed by atoms with Crippen molar-refractivity contribution in [3.8, 4) is 0 Å². The van der Waals surface area contributed by atoms with E-state index in [0.29, 0.717) is 11.2 Å². The maximum Gasteiger partial charge on any atom is 0.0464 e. The van der Waals surface area contributed by atoms with Crippen LogP contribution < -0.4 is 5.73 Å². The van der Waals surface area contributed by atoms with E-state index in [2.05, 4.69) is 6.92 Å². The lowest BCUT2D eigenvalue weighted by Crippen LogP contribution is -2.27. The minimum absolute atomic E-state index is 0.242. The molecule has 0 amide bonds. The van der Waals surface area contributed by atoms with Crippen LogP contribution in [0.15, 0.2) is 0 Å². The standard InChI is InChI=1S/C8H19NOS/c1-6(4-10)5-11-8(3)7(2)9/h6-8,10H,4-5,9H2,1-3H3. The molecule has 0 spiro atoms. The van der Waals surface area contributed by atoms with Crippen molar-refractivity contribution in [2.45, 2.75) is 32.1 Å². The second kappa shape index (κ2) is 5.86. The second-order valence-corrected chi connectivity index (χ2v) is 4.60. The van der Waals surface area contributed by atoms with Gasteiger partial charge < -0.3 is 10.8 Å². The molecule has 0 aliphatic heterocycles. The molecule has 0 bridgehead atoms. The monoisotopic (exact) mass is 177 g/mol. The van der Waals surface area contributed by atoms with Crippen LogP contribution in [0.2, 0.25) is 0 Å². The molecule has 0 fully saturated rings. The Morgan fingerprint density at radius 2 is 1.91 bits per heavy atom. The zero-order chi connectivity index (χ0) is 8.85. The quantitative estimate of drug-likeness (QED) is 0.660. The van der Waals surface area contributed by atoms with Gasteiger partial charge in [-0.05, 0) is 18.6 Å². The van der Waals surface area contributed by atoms with Crippen molar-refractivity contribution in [2.24, 2.45) is 11.7 Å². The molecule has 0 rings (SSSR count). The van der Waals surface area contributed by atoms with E-state index in [4.69, 9.17) is 10.8 Å². The first kappa shape index (κ1) is 11.3. The van der Waals surface area contributed by atoms with Crippen LogP contribution in [0.25, 0.3) is 0 Å². The van der Waals surface area contributed by atoms with Crippen molar-refractivity contribution in [3.63, 3.8) is 0 Å². The van der Waals surface area contributed by atoms with Gasteiger partial charge in [0.2, 0.25) is 0 Å². The van der Waals surface area contributed by atoms with E-state index < -0.39 is 0 Å². The SMILES string of the molecule is CC(CO)CSC(C)C(C)N. The highest BCUT2D eigenvalue weighted by atomic mass is 32.2. The molecule has 3 N–H and O–H groups in total. The molecule has 0 aliphatic rings. The third-order valence-corrected chi connectivity index (χ3v) is 3.41. The fourth-order valence-electron chi connectivity index (χ4n) is 0.521. The molecule has 0 aromatic heterocycles. The Morgan fingerprint density at radius 3 is 2.27 bits per heavy atom. The van der Waals surface area contributed by atoms with Gasteiger partial charge in [0.05, 0.1) is 0 Å². The van der Waals surface area contributed by atoms with Crippen molar-refractivity contribution in [3.05, 3.63) is 0 Å². The van der Waals surface area contributed by atoms with Gasteiger partial charge in [-0.3, -0.25) is 0 Å². The largest absolute Gasteiger partial charge is 0.396 e. The molecule has 0 saturated carbocycles. The zero-order valence-corrected chi connectivity index (χ0v) is 8.40. The molecular weight excluding hydrogens is 158 g/mol. The Kier molecular flexibility index (Phi) is 6.01. The van der Waals surface area contributed by atoms with Gasteiger partial charge in [0.15, 0.2) is 0 Å². The van der Waals surface area contributed by atoms with Gasteiger partial charge in [0.1, 0.15) is 0 Å². The van der Waals surface area contributed by atoms with Gasteiger partial charge in [-0.15, -0.1) is 0 Å². The van der Waals surface area contributed by atoms with E-state index in [1.807, 2.05) is 25.6 Å². The molecule has 3 heteroatoms. The predicted octanol–water partition coefficient (Wildman–Crippen LogP) is 1.08. The first-order valence-electron chi connectivity index (χ1n) is 4.06. The topological polar surface area (TPSA) is 46.2 Å². The molecule has 68 valence electrons. The van der Waals surface area contributed by atoms with Crippen LogP contribution in [0.5, 0.6) is 0 Å². The predicted molar refractivity (Wildman–Crippen MR) is 51.8 cm³/mol. The van der Waals surface area contributed by atoms with Crippen molar-refractivity contribution in [2.75, 3.05) is 12.4 Å². The van der Waals surface area contributed by atoms with Gasteiger partial charge >= 0.3 is 0 Å². The average molecular weight is 177 g/mol. The molecule has 11 heavy (non-hydrogen) atoms. The van der Waals surface area contributed by atoms with Crippen LogP contribution in [0.4, 0.5) is 0 Å². The summed E-state index contributed by atoms with van der Waals surface area (Å²) in [7, 11) is 0. The summed E-state index contributed by atoms with van der Waals surface area (Å²) in [4.78, 5) is 0. The minimum Gasteiger partial charge on any atom is -0.396 e. The van der Waals surface area contributed by atoms with E-state index in [0.717, 1.165) is 5.75 Å². The number of hydrogen-bond donors (Lipinski definition) is 2. The molecular formula is C8H19NOS. The summed E-state index contributed by atoms with van der Waals surface area (Å²) in [5.41, 5.74) is 5.68. The summed E-state index contributed by atoms with van der Waals surface area (Å²) in [6.45, 7) is 6.46. The van der Waals surface area contributed by atoms with Crippen molar-refractivity contribution >= 4 is 11.8 Å². The first-order valence-corrected chi connectivity index (χ1v) is 5.10. The molecule has 0 heterocycles. The number of aliphatic hydroxyl groups excluding tert-OH is 1. The van der Waals surface area contributed by atoms with Gasteiger partial charge in [0.25, 0.3) is 0 Å². The van der Waals surface area contributed by atoms with Gasteiger partial charge in [-0.2, -0.15) is 11.8 Å². The first-order chi connectivity index (χ1) is 5.07. The number of aliphatic hydroxyl groups is 1. The minimum atomic E-state index is 0.242. The van der Waals surface area contributed by atoms with Gasteiger partial charge in [-0.1, -0.05) is 13.8 Å². The summed E-state index contributed by atoms with van der Waals surface area (Å²) in [6.07, 6.45) is 0. The highest BCUT2D eigenvalue weighted by Gasteiger charge is 2.09. The molecule has 3 unspecified atom stereocenters. The molecule has 0 aliphatic carbocycles.